The van der Waals surface area contributed by atoms with E-state index in [0.29, 0.717) is 12.8 Å². The molecule has 0 rings (SSSR count). The summed E-state index contributed by atoms with van der Waals surface area (Å²) >= 11 is 0. The van der Waals surface area contributed by atoms with Crippen molar-refractivity contribution in [2.45, 2.75) is 180 Å². The zero-order valence-corrected chi connectivity index (χ0v) is 30.8. The van der Waals surface area contributed by atoms with Crippen LogP contribution in [0.5, 0.6) is 0 Å². The largest absolute Gasteiger partial charge is 0.469 e. The van der Waals surface area contributed by atoms with Crippen molar-refractivity contribution in [1.82, 2.24) is 0 Å². The van der Waals surface area contributed by atoms with Crippen LogP contribution < -0.4 is 0 Å². The van der Waals surface area contributed by atoms with E-state index >= 15 is 0 Å². The number of phosphoric ester groups is 1. The first kappa shape index (κ1) is 45.3. The van der Waals surface area contributed by atoms with E-state index in [0.717, 1.165) is 38.5 Å². The van der Waals surface area contributed by atoms with E-state index in [1.54, 1.807) is 0 Å². The van der Waals surface area contributed by atoms with Crippen molar-refractivity contribution >= 4 is 19.8 Å². The molecule has 0 aliphatic heterocycles. The van der Waals surface area contributed by atoms with Crippen molar-refractivity contribution in [3.63, 3.8) is 0 Å². The van der Waals surface area contributed by atoms with Gasteiger partial charge in [0.1, 0.15) is 6.61 Å². The molecule has 0 spiro atoms. The zero-order chi connectivity index (χ0) is 34.7. The molecule has 8 nitrogen and oxygen atoms in total. The van der Waals surface area contributed by atoms with Gasteiger partial charge >= 0.3 is 19.8 Å². The van der Waals surface area contributed by atoms with Gasteiger partial charge in [0.15, 0.2) is 6.10 Å². The number of ether oxygens (including phenoxy) is 2. The van der Waals surface area contributed by atoms with Gasteiger partial charge in [-0.15, -0.1) is 0 Å². The predicted molar refractivity (Wildman–Crippen MR) is 193 cm³/mol. The number of carbonyl (C=O) groups excluding carboxylic acids is 2. The molecule has 2 N–H and O–H groups in total. The minimum atomic E-state index is -4.76. The Kier molecular flexibility index (Phi) is 32.9. The van der Waals surface area contributed by atoms with Gasteiger partial charge in [0.2, 0.25) is 0 Å². The Morgan fingerprint density at radius 1 is 0.553 bits per heavy atom. The van der Waals surface area contributed by atoms with Crippen LogP contribution in [0.15, 0.2) is 36.5 Å². The average molecular weight is 685 g/mol. The minimum Gasteiger partial charge on any atom is -0.462 e. The monoisotopic (exact) mass is 684 g/mol. The summed E-state index contributed by atoms with van der Waals surface area (Å²) in [5.74, 6) is -0.944. The zero-order valence-electron chi connectivity index (χ0n) is 29.9. The Morgan fingerprint density at radius 3 is 1.49 bits per heavy atom. The number of esters is 2. The van der Waals surface area contributed by atoms with Crippen molar-refractivity contribution in [3.05, 3.63) is 36.5 Å². The van der Waals surface area contributed by atoms with E-state index < -0.39 is 32.5 Å². The molecule has 0 aromatic carbocycles. The van der Waals surface area contributed by atoms with Crippen LogP contribution in [0.1, 0.15) is 174 Å². The Bertz CT molecular complexity index is 864. The van der Waals surface area contributed by atoms with Gasteiger partial charge in [-0.05, 0) is 44.9 Å². The Balaban J connectivity index is 4.06. The highest BCUT2D eigenvalue weighted by Gasteiger charge is 2.22. The maximum Gasteiger partial charge on any atom is 0.469 e. The van der Waals surface area contributed by atoms with E-state index in [4.69, 9.17) is 19.3 Å². The second-order valence-electron chi connectivity index (χ2n) is 12.6. The molecule has 0 aliphatic rings. The molecule has 9 heteroatoms. The quantitative estimate of drug-likeness (QED) is 0.0297. The maximum absolute atomic E-state index is 12.3. The van der Waals surface area contributed by atoms with Crippen LogP contribution in [0.2, 0.25) is 0 Å². The van der Waals surface area contributed by atoms with Crippen LogP contribution in [0.25, 0.3) is 0 Å². The maximum atomic E-state index is 12.3. The smallest absolute Gasteiger partial charge is 0.462 e. The highest BCUT2D eigenvalue weighted by Crippen LogP contribution is 2.36. The summed E-state index contributed by atoms with van der Waals surface area (Å²) in [6.07, 6.45) is 38.7. The molecular weight excluding hydrogens is 615 g/mol. The van der Waals surface area contributed by atoms with Gasteiger partial charge in [0, 0.05) is 12.8 Å². The summed E-state index contributed by atoms with van der Waals surface area (Å²) in [7, 11) is -4.76. The summed E-state index contributed by atoms with van der Waals surface area (Å²) in [5.41, 5.74) is 0. The van der Waals surface area contributed by atoms with Crippen LogP contribution >= 0.6 is 7.82 Å². The third-order valence-corrected chi connectivity index (χ3v) is 8.40. The Morgan fingerprint density at radius 2 is 0.979 bits per heavy atom. The number of unbranched alkanes of at least 4 members (excludes halogenated alkanes) is 18. The SMILES string of the molecule is CCCCCCCC/C=C\C/C=C\C/C=C\CCCC(=O)O[C@H](COC(=O)CCCCCCCCCCCCCC)COP(=O)(O)O. The van der Waals surface area contributed by atoms with Gasteiger partial charge in [-0.25, -0.2) is 4.57 Å². The molecule has 0 aromatic rings. The molecule has 0 heterocycles. The van der Waals surface area contributed by atoms with Crippen LogP contribution in [0.3, 0.4) is 0 Å². The number of carbonyl (C=O) groups is 2. The fourth-order valence-corrected chi connectivity index (χ4v) is 5.45. The topological polar surface area (TPSA) is 119 Å². The third kappa shape index (κ3) is 36.9. The van der Waals surface area contributed by atoms with Crippen molar-refractivity contribution in [2.75, 3.05) is 13.2 Å². The molecule has 0 aliphatic carbocycles. The molecule has 0 unspecified atom stereocenters. The highest BCUT2D eigenvalue weighted by atomic mass is 31.2. The first-order valence-electron chi connectivity index (χ1n) is 18.8. The van der Waals surface area contributed by atoms with Crippen molar-refractivity contribution in [2.24, 2.45) is 0 Å². The van der Waals surface area contributed by atoms with Gasteiger partial charge in [0.25, 0.3) is 0 Å². The molecule has 0 saturated carbocycles. The van der Waals surface area contributed by atoms with E-state index in [1.807, 2.05) is 6.08 Å². The third-order valence-electron chi connectivity index (χ3n) is 7.91. The van der Waals surface area contributed by atoms with Crippen molar-refractivity contribution < 1.29 is 37.9 Å². The number of hydrogen-bond acceptors (Lipinski definition) is 6. The number of allylic oxidation sites excluding steroid dienone is 6. The molecule has 0 bridgehead atoms. The average Bonchev–Trinajstić information content (AvgIpc) is 3.04. The lowest BCUT2D eigenvalue weighted by molar-refractivity contribution is -0.161. The highest BCUT2D eigenvalue weighted by molar-refractivity contribution is 7.46. The summed E-state index contributed by atoms with van der Waals surface area (Å²) < 4.78 is 26.2. The molecule has 274 valence electrons. The second-order valence-corrected chi connectivity index (χ2v) is 13.8. The molecular formula is C38H69O8P. The van der Waals surface area contributed by atoms with Crippen LogP contribution in [-0.2, 0) is 28.2 Å². The van der Waals surface area contributed by atoms with Gasteiger partial charge < -0.3 is 19.3 Å². The molecule has 0 amide bonds. The fourth-order valence-electron chi connectivity index (χ4n) is 5.09. The summed E-state index contributed by atoms with van der Waals surface area (Å²) in [5, 5.41) is 0. The predicted octanol–water partition coefficient (Wildman–Crippen LogP) is 11.0. The number of hydrogen-bond donors (Lipinski definition) is 2. The first-order chi connectivity index (χ1) is 22.8. The summed E-state index contributed by atoms with van der Waals surface area (Å²) in [6, 6.07) is 0. The fraction of sp³-hybridized carbons (Fsp3) is 0.789. The van der Waals surface area contributed by atoms with Gasteiger partial charge in [-0.2, -0.15) is 0 Å². The van der Waals surface area contributed by atoms with Crippen LogP contribution in [0.4, 0.5) is 0 Å². The number of phosphoric acid groups is 1. The first-order valence-corrected chi connectivity index (χ1v) is 20.3. The molecule has 47 heavy (non-hydrogen) atoms. The molecule has 0 radical (unpaired) electrons. The molecule has 1 atom stereocenters. The molecule has 0 fully saturated rings. The van der Waals surface area contributed by atoms with Crippen LogP contribution in [-0.4, -0.2) is 41.0 Å². The van der Waals surface area contributed by atoms with E-state index in [9.17, 15) is 14.2 Å². The van der Waals surface area contributed by atoms with E-state index in [1.165, 1.54) is 96.3 Å². The van der Waals surface area contributed by atoms with Crippen LogP contribution in [0, 0.1) is 0 Å². The molecule has 0 aromatic heterocycles. The lowest BCUT2D eigenvalue weighted by Gasteiger charge is -2.18. The van der Waals surface area contributed by atoms with Gasteiger partial charge in [0.05, 0.1) is 6.61 Å². The lowest BCUT2D eigenvalue weighted by Crippen LogP contribution is -2.29. The normalized spacial score (nSPS) is 12.9. The van der Waals surface area contributed by atoms with E-state index in [2.05, 4.69) is 48.8 Å². The van der Waals surface area contributed by atoms with Gasteiger partial charge in [-0.1, -0.05) is 153 Å². The minimum absolute atomic E-state index is 0.142. The summed E-state index contributed by atoms with van der Waals surface area (Å²) in [6.45, 7) is 3.62. The summed E-state index contributed by atoms with van der Waals surface area (Å²) in [4.78, 5) is 42.6. The Labute approximate surface area is 287 Å². The Hall–Kier alpha value is -1.73. The van der Waals surface area contributed by atoms with E-state index in [-0.39, 0.29) is 19.4 Å². The number of rotatable bonds is 34. The van der Waals surface area contributed by atoms with Gasteiger partial charge in [-0.3, -0.25) is 14.1 Å². The van der Waals surface area contributed by atoms with Crippen molar-refractivity contribution in [3.8, 4) is 0 Å². The molecule has 0 saturated heterocycles. The lowest BCUT2D eigenvalue weighted by atomic mass is 10.0. The standard InChI is InChI=1S/C38H69O8P/c1-3-5-7-9-11-13-15-17-18-19-20-21-23-25-27-29-31-33-38(40)46-36(35-45-47(41,42)43)34-44-37(39)32-30-28-26-24-22-16-14-12-10-8-6-4-2/h17-18,20-21,25,27,36H,3-16,19,22-24,26,28-35H2,1-2H3,(H2,41,42,43)/b18-17-,21-20-,27-25-/t36-/m1/s1. The van der Waals surface area contributed by atoms with Crippen molar-refractivity contribution in [1.29, 1.82) is 0 Å². The second kappa shape index (κ2) is 34.1.